The van der Waals surface area contributed by atoms with Crippen molar-refractivity contribution in [2.75, 3.05) is 11.4 Å². The van der Waals surface area contributed by atoms with Gasteiger partial charge in [0.1, 0.15) is 0 Å². The minimum absolute atomic E-state index is 0.372. The molecular weight excluding hydrogens is 210 g/mol. The first-order valence-corrected chi connectivity index (χ1v) is 6.62. The Morgan fingerprint density at radius 1 is 1.18 bits per heavy atom. The molecule has 0 spiro atoms. The van der Waals surface area contributed by atoms with E-state index in [1.807, 2.05) is 19.1 Å². The van der Waals surface area contributed by atoms with Crippen molar-refractivity contribution < 1.29 is 5.11 Å². The molecule has 0 radical (unpaired) electrons. The summed E-state index contributed by atoms with van der Waals surface area (Å²) in [6, 6.07) is 9.10. The summed E-state index contributed by atoms with van der Waals surface area (Å²) >= 11 is 0. The molecule has 1 fully saturated rings. The third kappa shape index (κ3) is 3.22. The van der Waals surface area contributed by atoms with Gasteiger partial charge in [-0.05, 0) is 43.4 Å². The molecule has 1 aliphatic carbocycles. The van der Waals surface area contributed by atoms with Crippen LogP contribution in [0.2, 0.25) is 0 Å². The number of anilines is 1. The lowest BCUT2D eigenvalue weighted by Gasteiger charge is -2.27. The van der Waals surface area contributed by atoms with Crippen molar-refractivity contribution in [2.45, 2.75) is 45.8 Å². The molecule has 2 heteroatoms. The molecule has 94 valence electrons. The van der Waals surface area contributed by atoms with Gasteiger partial charge < -0.3 is 10.0 Å². The van der Waals surface area contributed by atoms with Crippen molar-refractivity contribution in [3.8, 4) is 0 Å². The van der Waals surface area contributed by atoms with Crippen molar-refractivity contribution in [2.24, 2.45) is 5.92 Å². The van der Waals surface area contributed by atoms with Gasteiger partial charge in [-0.25, -0.2) is 0 Å². The molecule has 2 nitrogen and oxygen atoms in total. The van der Waals surface area contributed by atoms with E-state index < -0.39 is 0 Å². The molecule has 1 aliphatic rings. The van der Waals surface area contributed by atoms with Gasteiger partial charge in [0.05, 0.1) is 6.10 Å². The van der Waals surface area contributed by atoms with Gasteiger partial charge in [0, 0.05) is 18.3 Å². The average Bonchev–Trinajstić information content (AvgIpc) is 3.09. The number of rotatable bonds is 5. The zero-order chi connectivity index (χ0) is 12.4. The summed E-state index contributed by atoms with van der Waals surface area (Å²) in [4.78, 5) is 2.51. The first kappa shape index (κ1) is 12.4. The quantitative estimate of drug-likeness (QED) is 0.843. The van der Waals surface area contributed by atoms with Crippen LogP contribution >= 0.6 is 0 Å². The Labute approximate surface area is 104 Å². The molecule has 0 amide bonds. The lowest BCUT2D eigenvalue weighted by Crippen LogP contribution is -2.29. The maximum absolute atomic E-state index is 9.51. The van der Waals surface area contributed by atoms with Gasteiger partial charge in [-0.2, -0.15) is 0 Å². The lowest BCUT2D eigenvalue weighted by molar-refractivity contribution is 0.199. The van der Waals surface area contributed by atoms with Crippen LogP contribution in [-0.4, -0.2) is 17.7 Å². The standard InChI is InChI=1S/C15H23NO/c1-11(2)10-16(15-8-9-15)14-6-4-13(5-7-14)12(3)17/h4-7,11-12,15,17H,8-10H2,1-3H3. The fraction of sp³-hybridized carbons (Fsp3) is 0.600. The normalized spacial score (nSPS) is 17.2. The molecule has 17 heavy (non-hydrogen) atoms. The first-order chi connectivity index (χ1) is 8.08. The lowest BCUT2D eigenvalue weighted by atomic mass is 10.1. The Kier molecular flexibility index (Phi) is 3.72. The summed E-state index contributed by atoms with van der Waals surface area (Å²) in [5, 5.41) is 9.51. The highest BCUT2D eigenvalue weighted by atomic mass is 16.3. The van der Waals surface area contributed by atoms with Gasteiger partial charge >= 0.3 is 0 Å². The number of benzene rings is 1. The Bertz CT molecular complexity index is 352. The van der Waals surface area contributed by atoms with Crippen LogP contribution in [0.25, 0.3) is 0 Å². The maximum atomic E-state index is 9.51. The maximum Gasteiger partial charge on any atom is 0.0761 e. The van der Waals surface area contributed by atoms with Crippen LogP contribution in [0.1, 0.15) is 45.3 Å². The molecule has 0 bridgehead atoms. The predicted molar refractivity (Wildman–Crippen MR) is 72.3 cm³/mol. The number of aliphatic hydroxyl groups is 1. The van der Waals surface area contributed by atoms with E-state index in [4.69, 9.17) is 0 Å². The summed E-state index contributed by atoms with van der Waals surface area (Å²) in [5.74, 6) is 0.687. The van der Waals surface area contributed by atoms with Crippen LogP contribution in [0.15, 0.2) is 24.3 Å². The smallest absolute Gasteiger partial charge is 0.0761 e. The van der Waals surface area contributed by atoms with Gasteiger partial charge in [0.25, 0.3) is 0 Å². The second-order valence-electron chi connectivity index (χ2n) is 5.54. The molecule has 1 unspecified atom stereocenters. The third-order valence-electron chi connectivity index (χ3n) is 3.26. The second kappa shape index (κ2) is 5.09. The Morgan fingerprint density at radius 2 is 1.76 bits per heavy atom. The highest BCUT2D eigenvalue weighted by Gasteiger charge is 2.29. The second-order valence-corrected chi connectivity index (χ2v) is 5.54. The molecule has 1 N–H and O–H groups in total. The fourth-order valence-corrected chi connectivity index (χ4v) is 2.19. The first-order valence-electron chi connectivity index (χ1n) is 6.62. The minimum atomic E-state index is -0.372. The van der Waals surface area contributed by atoms with Crippen LogP contribution < -0.4 is 4.90 Å². The van der Waals surface area contributed by atoms with Crippen molar-refractivity contribution >= 4 is 5.69 Å². The Hall–Kier alpha value is -1.02. The largest absolute Gasteiger partial charge is 0.389 e. The fourth-order valence-electron chi connectivity index (χ4n) is 2.19. The predicted octanol–water partition coefficient (Wildman–Crippen LogP) is 3.36. The van der Waals surface area contributed by atoms with E-state index in [-0.39, 0.29) is 6.10 Å². The van der Waals surface area contributed by atoms with Crippen molar-refractivity contribution in [1.82, 2.24) is 0 Å². The molecular formula is C15H23NO. The highest BCUT2D eigenvalue weighted by Crippen LogP contribution is 2.32. The van der Waals surface area contributed by atoms with Crippen LogP contribution in [0.4, 0.5) is 5.69 Å². The number of nitrogens with zero attached hydrogens (tertiary/aromatic N) is 1. The van der Waals surface area contributed by atoms with E-state index in [0.29, 0.717) is 5.92 Å². The number of hydrogen-bond acceptors (Lipinski definition) is 2. The van der Waals surface area contributed by atoms with Crippen molar-refractivity contribution in [3.63, 3.8) is 0 Å². The summed E-state index contributed by atoms with van der Waals surface area (Å²) in [6.45, 7) is 7.46. The molecule has 1 atom stereocenters. The summed E-state index contributed by atoms with van der Waals surface area (Å²) in [5.41, 5.74) is 2.29. The van der Waals surface area contributed by atoms with E-state index in [0.717, 1.165) is 18.2 Å². The van der Waals surface area contributed by atoms with Gasteiger partial charge in [-0.15, -0.1) is 0 Å². The van der Waals surface area contributed by atoms with Crippen LogP contribution in [0, 0.1) is 5.92 Å². The van der Waals surface area contributed by atoms with Gasteiger partial charge in [-0.1, -0.05) is 26.0 Å². The van der Waals surface area contributed by atoms with Gasteiger partial charge in [0.15, 0.2) is 0 Å². The minimum Gasteiger partial charge on any atom is -0.389 e. The monoisotopic (exact) mass is 233 g/mol. The molecule has 1 saturated carbocycles. The Morgan fingerprint density at radius 3 is 2.18 bits per heavy atom. The number of hydrogen-bond donors (Lipinski definition) is 1. The molecule has 0 aromatic heterocycles. The molecule has 1 aromatic rings. The summed E-state index contributed by atoms with van der Waals surface area (Å²) in [6.07, 6.45) is 2.28. The molecule has 0 heterocycles. The average molecular weight is 233 g/mol. The molecule has 1 aromatic carbocycles. The van der Waals surface area contributed by atoms with Crippen molar-refractivity contribution in [1.29, 1.82) is 0 Å². The van der Waals surface area contributed by atoms with E-state index in [1.54, 1.807) is 0 Å². The van der Waals surface area contributed by atoms with E-state index in [1.165, 1.54) is 18.5 Å². The van der Waals surface area contributed by atoms with Crippen LogP contribution in [0.3, 0.4) is 0 Å². The summed E-state index contributed by atoms with van der Waals surface area (Å²) < 4.78 is 0. The molecule has 2 rings (SSSR count). The zero-order valence-electron chi connectivity index (χ0n) is 11.1. The van der Waals surface area contributed by atoms with E-state index >= 15 is 0 Å². The van der Waals surface area contributed by atoms with E-state index in [9.17, 15) is 5.11 Å². The SMILES string of the molecule is CC(C)CN(c1ccc(C(C)O)cc1)C1CC1. The van der Waals surface area contributed by atoms with Gasteiger partial charge in [-0.3, -0.25) is 0 Å². The molecule has 0 aliphatic heterocycles. The van der Waals surface area contributed by atoms with Crippen LogP contribution in [0.5, 0.6) is 0 Å². The highest BCUT2D eigenvalue weighted by molar-refractivity contribution is 5.50. The van der Waals surface area contributed by atoms with E-state index in [2.05, 4.69) is 30.9 Å². The molecule has 0 saturated heterocycles. The van der Waals surface area contributed by atoms with Crippen molar-refractivity contribution in [3.05, 3.63) is 29.8 Å². The van der Waals surface area contributed by atoms with Gasteiger partial charge in [0.2, 0.25) is 0 Å². The number of aliphatic hydroxyl groups excluding tert-OH is 1. The zero-order valence-corrected chi connectivity index (χ0v) is 11.1. The topological polar surface area (TPSA) is 23.5 Å². The third-order valence-corrected chi connectivity index (χ3v) is 3.26. The van der Waals surface area contributed by atoms with Crippen LogP contribution in [-0.2, 0) is 0 Å². The summed E-state index contributed by atoms with van der Waals surface area (Å²) in [7, 11) is 0. The Balaban J connectivity index is 2.12.